The minimum atomic E-state index is -3.60. The Kier molecular flexibility index (Phi) is 4.42. The molecule has 1 atom stereocenters. The lowest BCUT2D eigenvalue weighted by Crippen LogP contribution is -2.13. The molecule has 0 N–H and O–H groups in total. The second-order valence-corrected chi connectivity index (χ2v) is 9.41. The molecule has 0 fully saturated rings. The zero-order valence-electron chi connectivity index (χ0n) is 15.3. The van der Waals surface area contributed by atoms with Crippen molar-refractivity contribution < 1.29 is 17.6 Å². The van der Waals surface area contributed by atoms with Crippen molar-refractivity contribution in [3.05, 3.63) is 48.2 Å². The van der Waals surface area contributed by atoms with Crippen molar-refractivity contribution in [2.45, 2.75) is 5.25 Å². The summed E-state index contributed by atoms with van der Waals surface area (Å²) in [6.45, 7) is 3.54. The highest BCUT2D eigenvalue weighted by molar-refractivity contribution is 7.91. The number of hydrogen-bond acceptors (Lipinski definition) is 9. The second kappa shape index (κ2) is 6.67. The fourth-order valence-electron chi connectivity index (χ4n) is 2.88. The number of ether oxygens (including phenoxy) is 1. The predicted octanol–water partition coefficient (Wildman–Crippen LogP) is 2.40. The van der Waals surface area contributed by atoms with E-state index < -0.39 is 15.1 Å². The van der Waals surface area contributed by atoms with E-state index in [9.17, 15) is 8.42 Å². The number of nitrogens with zero attached hydrogens (tertiary/aromatic N) is 5. The molecule has 11 heteroatoms. The van der Waals surface area contributed by atoms with Gasteiger partial charge in [0.05, 0.1) is 23.5 Å². The minimum absolute atomic E-state index is 0.0466. The highest BCUT2D eigenvalue weighted by Crippen LogP contribution is 2.39. The fourth-order valence-corrected chi connectivity index (χ4v) is 5.40. The molecule has 1 aromatic carbocycles. The highest BCUT2D eigenvalue weighted by Gasteiger charge is 2.33. The number of methoxy groups -OCH3 is 1. The van der Waals surface area contributed by atoms with Crippen LogP contribution < -0.4 is 4.74 Å². The molecule has 3 aromatic heterocycles. The first kappa shape index (κ1) is 18.6. The first-order valence-electron chi connectivity index (χ1n) is 8.08. The number of aryl methyl sites for hydroxylation is 1. The molecule has 3 heterocycles. The number of fused-ring (bicyclic) bond motifs is 1. The molecule has 4 aromatic rings. The van der Waals surface area contributed by atoms with Crippen LogP contribution in [0.4, 0.5) is 0 Å². The molecule has 1 radical (unpaired) electrons. The number of hydrogen-bond donors (Lipinski definition) is 0. The largest absolute Gasteiger partial charge is 0.496 e. The minimum Gasteiger partial charge on any atom is -0.496 e. The summed E-state index contributed by atoms with van der Waals surface area (Å²) in [6, 6.07) is 3.68. The smallest absolute Gasteiger partial charge is 0.241 e. The van der Waals surface area contributed by atoms with E-state index in [4.69, 9.17) is 9.15 Å². The first-order chi connectivity index (χ1) is 13.3. The van der Waals surface area contributed by atoms with Gasteiger partial charge in [-0.05, 0) is 6.07 Å². The molecule has 0 aliphatic rings. The van der Waals surface area contributed by atoms with Crippen molar-refractivity contribution in [3.8, 4) is 16.9 Å². The molecule has 1 unspecified atom stereocenters. The van der Waals surface area contributed by atoms with Gasteiger partial charge in [0, 0.05) is 43.6 Å². The van der Waals surface area contributed by atoms with Crippen LogP contribution in [0, 0.1) is 6.92 Å². The number of aromatic nitrogens is 5. The van der Waals surface area contributed by atoms with Gasteiger partial charge in [0.1, 0.15) is 10.8 Å². The molecule has 0 saturated heterocycles. The van der Waals surface area contributed by atoms with Crippen molar-refractivity contribution in [3.63, 3.8) is 0 Å². The van der Waals surface area contributed by atoms with Gasteiger partial charge in [0.25, 0.3) is 0 Å². The number of benzene rings is 1. The summed E-state index contributed by atoms with van der Waals surface area (Å²) in [6.07, 6.45) is 4.72. The van der Waals surface area contributed by atoms with Gasteiger partial charge in [0.15, 0.2) is 15.1 Å². The molecular weight excluding hydrogens is 402 g/mol. The van der Waals surface area contributed by atoms with Gasteiger partial charge >= 0.3 is 0 Å². The van der Waals surface area contributed by atoms with E-state index in [-0.39, 0.29) is 11.8 Å². The summed E-state index contributed by atoms with van der Waals surface area (Å²) in [5.41, 5.74) is 2.34. The lowest BCUT2D eigenvalue weighted by molar-refractivity contribution is 0.417. The standard InChI is InChI=1S/C17H16N5O4S2/c1-9-20-21-16(26-9)15(28(4,23)24)17-19-12-6-13(25-3)11(5-14(12)27-17)10-7-18-22(2)8-10/h5-8,15H,1H2,2-4H3. The fraction of sp³-hybridized carbons (Fsp3) is 0.235. The maximum atomic E-state index is 12.4. The Bertz CT molecular complexity index is 1270. The molecule has 9 nitrogen and oxygen atoms in total. The summed E-state index contributed by atoms with van der Waals surface area (Å²) in [7, 11) is -0.199. The number of rotatable bonds is 5. The average Bonchev–Trinajstić information content (AvgIpc) is 3.32. The quantitative estimate of drug-likeness (QED) is 0.485. The molecule has 28 heavy (non-hydrogen) atoms. The molecule has 0 bridgehead atoms. The van der Waals surface area contributed by atoms with Gasteiger partial charge < -0.3 is 9.15 Å². The molecule has 0 aliphatic heterocycles. The van der Waals surface area contributed by atoms with E-state index in [1.54, 1.807) is 24.1 Å². The highest BCUT2D eigenvalue weighted by atomic mass is 32.2. The van der Waals surface area contributed by atoms with Crippen molar-refractivity contribution in [2.24, 2.45) is 7.05 Å². The molecular formula is C17H16N5O4S2. The van der Waals surface area contributed by atoms with Gasteiger partial charge in [-0.3, -0.25) is 4.68 Å². The molecule has 0 aliphatic carbocycles. The van der Waals surface area contributed by atoms with Crippen LogP contribution in [0.1, 0.15) is 22.0 Å². The molecule has 0 spiro atoms. The van der Waals surface area contributed by atoms with E-state index in [0.29, 0.717) is 16.3 Å². The van der Waals surface area contributed by atoms with Crippen LogP contribution >= 0.6 is 11.3 Å². The average molecular weight is 418 g/mol. The normalized spacial score (nSPS) is 13.1. The molecule has 145 valence electrons. The molecule has 4 rings (SSSR count). The van der Waals surface area contributed by atoms with Crippen LogP contribution in [0.25, 0.3) is 21.3 Å². The van der Waals surface area contributed by atoms with Gasteiger partial charge in [0.2, 0.25) is 11.8 Å². The summed E-state index contributed by atoms with van der Waals surface area (Å²) in [5.74, 6) is 0.613. The Labute approximate surface area is 164 Å². The van der Waals surface area contributed by atoms with Gasteiger partial charge in [-0.25, -0.2) is 13.4 Å². The number of thiazole rings is 1. The maximum absolute atomic E-state index is 12.4. The van der Waals surface area contributed by atoms with Crippen LogP contribution in [-0.4, -0.2) is 46.7 Å². The van der Waals surface area contributed by atoms with Crippen LogP contribution in [0.2, 0.25) is 0 Å². The number of sulfone groups is 1. The van der Waals surface area contributed by atoms with Crippen molar-refractivity contribution in [1.29, 1.82) is 0 Å². The van der Waals surface area contributed by atoms with E-state index in [0.717, 1.165) is 22.1 Å². The Morgan fingerprint density at radius 2 is 2.11 bits per heavy atom. The van der Waals surface area contributed by atoms with Crippen LogP contribution in [0.5, 0.6) is 5.75 Å². The van der Waals surface area contributed by atoms with Crippen LogP contribution in [0.3, 0.4) is 0 Å². The SMILES string of the molecule is [CH2]c1nnc(C(c2nc3cc(OC)c(-c4cnn(C)c4)cc3s2)S(C)(=O)=O)o1. The molecule has 0 saturated carbocycles. The Morgan fingerprint density at radius 3 is 2.68 bits per heavy atom. The summed E-state index contributed by atoms with van der Waals surface area (Å²) in [4.78, 5) is 4.50. The van der Waals surface area contributed by atoms with Crippen LogP contribution in [0.15, 0.2) is 28.9 Å². The third-order valence-electron chi connectivity index (χ3n) is 4.10. The van der Waals surface area contributed by atoms with Gasteiger partial charge in [-0.1, -0.05) is 0 Å². The monoisotopic (exact) mass is 418 g/mol. The zero-order chi connectivity index (χ0) is 20.1. The summed E-state index contributed by atoms with van der Waals surface area (Å²) < 4.78 is 38.1. The Hall–Kier alpha value is -2.79. The topological polar surface area (TPSA) is 113 Å². The van der Waals surface area contributed by atoms with E-state index in [1.807, 2.05) is 19.3 Å². The van der Waals surface area contributed by atoms with Crippen LogP contribution in [-0.2, 0) is 16.9 Å². The summed E-state index contributed by atoms with van der Waals surface area (Å²) >= 11 is 1.25. The maximum Gasteiger partial charge on any atom is 0.241 e. The van der Waals surface area contributed by atoms with Gasteiger partial charge in [-0.15, -0.1) is 21.5 Å². The lowest BCUT2D eigenvalue weighted by atomic mass is 10.1. The summed E-state index contributed by atoms with van der Waals surface area (Å²) in [5, 5.41) is 10.9. The van der Waals surface area contributed by atoms with Crippen molar-refractivity contribution in [1.82, 2.24) is 25.0 Å². The Morgan fingerprint density at radius 1 is 1.32 bits per heavy atom. The van der Waals surface area contributed by atoms with E-state index >= 15 is 0 Å². The van der Waals surface area contributed by atoms with E-state index in [1.165, 1.54) is 11.3 Å². The zero-order valence-corrected chi connectivity index (χ0v) is 16.9. The third-order valence-corrected chi connectivity index (χ3v) is 6.61. The van der Waals surface area contributed by atoms with Gasteiger partial charge in [-0.2, -0.15) is 5.10 Å². The second-order valence-electron chi connectivity index (χ2n) is 6.22. The first-order valence-corrected chi connectivity index (χ1v) is 10.8. The predicted molar refractivity (Wildman–Crippen MR) is 104 cm³/mol. The van der Waals surface area contributed by atoms with Crippen molar-refractivity contribution >= 4 is 31.4 Å². The third kappa shape index (κ3) is 3.27. The van der Waals surface area contributed by atoms with E-state index in [2.05, 4.69) is 27.2 Å². The van der Waals surface area contributed by atoms with Crippen molar-refractivity contribution in [2.75, 3.05) is 13.4 Å². The Balaban J connectivity index is 1.89. The molecule has 0 amide bonds. The lowest BCUT2D eigenvalue weighted by Gasteiger charge is -2.06.